The summed E-state index contributed by atoms with van der Waals surface area (Å²) in [7, 11) is 0. The van der Waals surface area contributed by atoms with Gasteiger partial charge in [0.15, 0.2) is 6.29 Å². The summed E-state index contributed by atoms with van der Waals surface area (Å²) >= 11 is 0. The summed E-state index contributed by atoms with van der Waals surface area (Å²) < 4.78 is 18.0. The molecule has 25 heavy (non-hydrogen) atoms. The van der Waals surface area contributed by atoms with Crippen LogP contribution in [0.2, 0.25) is 0 Å². The molecule has 138 valence electrons. The lowest BCUT2D eigenvalue weighted by molar-refractivity contribution is -0.191. The van der Waals surface area contributed by atoms with Crippen LogP contribution in [0.4, 0.5) is 0 Å². The van der Waals surface area contributed by atoms with Crippen molar-refractivity contribution >= 4 is 0 Å². The molecule has 3 aliphatic heterocycles. The fraction of sp³-hybridized carbons (Fsp3) is 0.727. The second kappa shape index (κ2) is 7.38. The van der Waals surface area contributed by atoms with Crippen LogP contribution in [0.3, 0.4) is 0 Å². The first-order valence-corrected chi connectivity index (χ1v) is 10.2. The predicted molar refractivity (Wildman–Crippen MR) is 98.3 cm³/mol. The number of rotatable bonds is 6. The molecule has 1 saturated carbocycles. The average molecular weight is 344 g/mol. The zero-order valence-electron chi connectivity index (χ0n) is 15.6. The van der Waals surface area contributed by atoms with Crippen LogP contribution in [0.15, 0.2) is 24.3 Å². The van der Waals surface area contributed by atoms with Crippen molar-refractivity contribution < 1.29 is 14.2 Å². The molecule has 4 fully saturated rings. The van der Waals surface area contributed by atoms with Gasteiger partial charge in [0, 0.05) is 6.61 Å². The van der Waals surface area contributed by atoms with E-state index in [9.17, 15) is 0 Å². The molecular formula is C22H32O3. The summed E-state index contributed by atoms with van der Waals surface area (Å²) in [6.07, 6.45) is 11.0. The molecule has 3 heterocycles. The highest BCUT2D eigenvalue weighted by atomic mass is 16.7. The van der Waals surface area contributed by atoms with E-state index < -0.39 is 0 Å². The Bertz CT molecular complexity index is 535. The van der Waals surface area contributed by atoms with Crippen LogP contribution >= 0.6 is 0 Å². The van der Waals surface area contributed by atoms with Crippen molar-refractivity contribution in [2.45, 2.75) is 83.2 Å². The highest BCUT2D eigenvalue weighted by Gasteiger charge is 2.49. The third-order valence-corrected chi connectivity index (χ3v) is 6.61. The highest BCUT2D eigenvalue weighted by Crippen LogP contribution is 2.55. The Labute approximate surface area is 152 Å². The lowest BCUT2D eigenvalue weighted by atomic mass is 9.62. The van der Waals surface area contributed by atoms with Crippen LogP contribution in [-0.4, -0.2) is 19.5 Å². The normalized spacial score (nSPS) is 35.0. The molecule has 2 bridgehead atoms. The fourth-order valence-electron chi connectivity index (χ4n) is 4.93. The van der Waals surface area contributed by atoms with Crippen molar-refractivity contribution in [3.63, 3.8) is 0 Å². The van der Waals surface area contributed by atoms with Gasteiger partial charge in [0.05, 0.1) is 18.8 Å². The van der Waals surface area contributed by atoms with Crippen molar-refractivity contribution in [3.8, 4) is 0 Å². The standard InChI is InChI=1S/C22H32O3/c1-2-10-21-11-13-22(14-12-21,25-17-21)19-8-6-18(7-9-19)16-24-20-5-3-4-15-23-20/h6-9,20H,2-5,10-17H2,1H3. The minimum absolute atomic E-state index is 0.0151. The van der Waals surface area contributed by atoms with E-state index in [0.29, 0.717) is 12.0 Å². The Morgan fingerprint density at radius 3 is 2.48 bits per heavy atom. The zero-order chi connectivity index (χ0) is 17.2. The minimum atomic E-state index is -0.0264. The smallest absolute Gasteiger partial charge is 0.158 e. The van der Waals surface area contributed by atoms with Gasteiger partial charge in [-0.05, 0) is 67.9 Å². The van der Waals surface area contributed by atoms with Crippen molar-refractivity contribution in [1.29, 1.82) is 0 Å². The van der Waals surface area contributed by atoms with Gasteiger partial charge in [-0.3, -0.25) is 0 Å². The van der Waals surface area contributed by atoms with E-state index in [-0.39, 0.29) is 11.9 Å². The molecule has 0 spiro atoms. The summed E-state index contributed by atoms with van der Waals surface area (Å²) in [5.41, 5.74) is 3.03. The van der Waals surface area contributed by atoms with E-state index >= 15 is 0 Å². The van der Waals surface area contributed by atoms with Crippen LogP contribution in [0.25, 0.3) is 0 Å². The van der Waals surface area contributed by atoms with Gasteiger partial charge in [-0.2, -0.15) is 0 Å². The molecule has 5 rings (SSSR count). The first-order valence-electron chi connectivity index (χ1n) is 10.2. The molecule has 0 aromatic heterocycles. The lowest BCUT2D eigenvalue weighted by Crippen LogP contribution is -2.49. The maximum absolute atomic E-state index is 6.45. The molecule has 0 N–H and O–H groups in total. The molecular weight excluding hydrogens is 312 g/mol. The Hall–Kier alpha value is -0.900. The monoisotopic (exact) mass is 344 g/mol. The second-order valence-electron chi connectivity index (χ2n) is 8.34. The van der Waals surface area contributed by atoms with E-state index in [1.54, 1.807) is 0 Å². The maximum atomic E-state index is 6.45. The molecule has 0 amide bonds. The van der Waals surface area contributed by atoms with Crippen LogP contribution in [0.5, 0.6) is 0 Å². The third kappa shape index (κ3) is 3.65. The van der Waals surface area contributed by atoms with E-state index in [1.165, 1.54) is 56.1 Å². The molecule has 1 aliphatic carbocycles. The van der Waals surface area contributed by atoms with Gasteiger partial charge >= 0.3 is 0 Å². The molecule has 1 aromatic carbocycles. The van der Waals surface area contributed by atoms with Gasteiger partial charge in [0.25, 0.3) is 0 Å². The average Bonchev–Trinajstić information content (AvgIpc) is 2.69. The Morgan fingerprint density at radius 1 is 1.08 bits per heavy atom. The van der Waals surface area contributed by atoms with Gasteiger partial charge in [0.2, 0.25) is 0 Å². The summed E-state index contributed by atoms with van der Waals surface area (Å²) in [5.74, 6) is 0. The molecule has 4 aliphatic rings. The Balaban J connectivity index is 1.36. The zero-order valence-corrected chi connectivity index (χ0v) is 15.6. The topological polar surface area (TPSA) is 27.7 Å². The van der Waals surface area contributed by atoms with Crippen molar-refractivity contribution in [1.82, 2.24) is 0 Å². The van der Waals surface area contributed by atoms with Gasteiger partial charge in [-0.25, -0.2) is 0 Å². The van der Waals surface area contributed by atoms with Crippen molar-refractivity contribution in [3.05, 3.63) is 35.4 Å². The third-order valence-electron chi connectivity index (χ3n) is 6.61. The number of hydrogen-bond donors (Lipinski definition) is 0. The predicted octanol–water partition coefficient (Wildman–Crippen LogP) is 5.32. The van der Waals surface area contributed by atoms with Gasteiger partial charge < -0.3 is 14.2 Å². The van der Waals surface area contributed by atoms with Gasteiger partial charge in [0.1, 0.15) is 0 Å². The lowest BCUT2D eigenvalue weighted by Gasteiger charge is -2.53. The minimum Gasteiger partial charge on any atom is -0.370 e. The van der Waals surface area contributed by atoms with E-state index in [1.807, 2.05) is 0 Å². The Kier molecular flexibility index (Phi) is 5.17. The maximum Gasteiger partial charge on any atom is 0.158 e. The summed E-state index contributed by atoms with van der Waals surface area (Å²) in [5, 5.41) is 0. The highest BCUT2D eigenvalue weighted by molar-refractivity contribution is 5.29. The largest absolute Gasteiger partial charge is 0.370 e. The fourth-order valence-corrected chi connectivity index (χ4v) is 4.93. The molecule has 3 heteroatoms. The molecule has 3 nitrogen and oxygen atoms in total. The van der Waals surface area contributed by atoms with Crippen LogP contribution in [0, 0.1) is 5.41 Å². The number of benzene rings is 1. The van der Waals surface area contributed by atoms with Gasteiger partial charge in [-0.1, -0.05) is 37.6 Å². The van der Waals surface area contributed by atoms with E-state index in [0.717, 1.165) is 26.1 Å². The molecule has 1 atom stereocenters. The molecule has 3 saturated heterocycles. The SMILES string of the molecule is CCCC12CCC(c3ccc(COC4CCCCO4)cc3)(CC1)OC2. The number of fused-ring (bicyclic) bond motifs is 3. The van der Waals surface area contributed by atoms with Crippen molar-refractivity contribution in [2.75, 3.05) is 13.2 Å². The Morgan fingerprint density at radius 2 is 1.88 bits per heavy atom. The van der Waals surface area contributed by atoms with Crippen LogP contribution in [0.1, 0.15) is 75.8 Å². The number of hydrogen-bond acceptors (Lipinski definition) is 3. The quantitative estimate of drug-likeness (QED) is 0.699. The summed E-state index contributed by atoms with van der Waals surface area (Å²) in [4.78, 5) is 0. The number of ether oxygens (including phenoxy) is 3. The second-order valence-corrected chi connectivity index (χ2v) is 8.34. The van der Waals surface area contributed by atoms with Crippen LogP contribution in [-0.2, 0) is 26.4 Å². The summed E-state index contributed by atoms with van der Waals surface area (Å²) in [6, 6.07) is 8.94. The van der Waals surface area contributed by atoms with E-state index in [2.05, 4.69) is 31.2 Å². The first kappa shape index (κ1) is 17.5. The summed E-state index contributed by atoms with van der Waals surface area (Å²) in [6.45, 7) is 4.72. The van der Waals surface area contributed by atoms with Gasteiger partial charge in [-0.15, -0.1) is 0 Å². The van der Waals surface area contributed by atoms with E-state index in [4.69, 9.17) is 14.2 Å². The van der Waals surface area contributed by atoms with Crippen LogP contribution < -0.4 is 0 Å². The van der Waals surface area contributed by atoms with Crippen molar-refractivity contribution in [2.24, 2.45) is 5.41 Å². The molecule has 0 radical (unpaired) electrons. The first-order chi connectivity index (χ1) is 12.2. The molecule has 1 aromatic rings. The molecule has 1 unspecified atom stereocenters.